The van der Waals surface area contributed by atoms with Gasteiger partial charge in [0.1, 0.15) is 0 Å². The third-order valence-electron chi connectivity index (χ3n) is 2.29. The lowest BCUT2D eigenvalue weighted by atomic mass is 10.2. The van der Waals surface area contributed by atoms with E-state index >= 15 is 0 Å². The van der Waals surface area contributed by atoms with E-state index in [0.29, 0.717) is 13.1 Å². The minimum atomic E-state index is 0.113. The van der Waals surface area contributed by atoms with Gasteiger partial charge in [-0.1, -0.05) is 0 Å². The van der Waals surface area contributed by atoms with Gasteiger partial charge in [0, 0.05) is 17.5 Å². The fourth-order valence-corrected chi connectivity index (χ4v) is 4.91. The summed E-state index contributed by atoms with van der Waals surface area (Å²) in [5.74, 6) is 0.113. The van der Waals surface area contributed by atoms with Crippen molar-refractivity contribution < 1.29 is 4.79 Å². The summed E-state index contributed by atoms with van der Waals surface area (Å²) in [5, 5.41) is 2.00. The van der Waals surface area contributed by atoms with Crippen LogP contribution in [-0.4, -0.2) is 29.3 Å². The van der Waals surface area contributed by atoms with E-state index in [9.17, 15) is 4.79 Å². The van der Waals surface area contributed by atoms with Crippen molar-refractivity contribution in [2.45, 2.75) is 6.54 Å². The Bertz CT molecular complexity index is 539. The molecule has 0 aliphatic rings. The molecule has 0 atom stereocenters. The molecule has 2 rings (SSSR count). The van der Waals surface area contributed by atoms with Crippen LogP contribution >= 0.6 is 54.5 Å². The Morgan fingerprint density at radius 2 is 2.28 bits per heavy atom. The molecule has 0 bridgehead atoms. The largest absolute Gasteiger partial charge is 0.293 e. The Morgan fingerprint density at radius 3 is 2.83 bits per heavy atom. The number of likely N-dealkylation sites (N-methyl/N-ethyl adjacent to an activating group) is 1. The number of halogens is 2. The summed E-state index contributed by atoms with van der Waals surface area (Å²) in [4.78, 5) is 18.3. The molecule has 2 aromatic rings. The lowest BCUT2D eigenvalue weighted by Crippen LogP contribution is -2.25. The smallest absolute Gasteiger partial charge is 0.178 e. The number of thiazole rings is 1. The maximum atomic E-state index is 12.1. The molecule has 0 saturated heterocycles. The van der Waals surface area contributed by atoms with Crippen molar-refractivity contribution in [3.8, 4) is 0 Å². The molecular weight excluding hydrogens is 400 g/mol. The number of hydrogen-bond donors (Lipinski definition) is 0. The summed E-state index contributed by atoms with van der Waals surface area (Å²) < 4.78 is 1.83. The Kier molecular flexibility index (Phi) is 5.08. The minimum absolute atomic E-state index is 0.113. The molecule has 0 spiro atoms. The minimum Gasteiger partial charge on any atom is -0.293 e. The molecule has 0 aliphatic heterocycles. The molecule has 18 heavy (non-hydrogen) atoms. The van der Waals surface area contributed by atoms with E-state index < -0.39 is 0 Å². The highest BCUT2D eigenvalue weighted by Gasteiger charge is 2.15. The average Bonchev–Trinajstić information content (AvgIpc) is 2.88. The summed E-state index contributed by atoms with van der Waals surface area (Å²) in [7, 11) is 1.92. The van der Waals surface area contributed by atoms with Crippen LogP contribution in [-0.2, 0) is 6.54 Å². The van der Waals surface area contributed by atoms with E-state index in [1.165, 1.54) is 11.3 Å². The molecule has 0 saturated carbocycles. The molecule has 96 valence electrons. The second kappa shape index (κ2) is 6.38. The lowest BCUT2D eigenvalue weighted by Gasteiger charge is -2.13. The van der Waals surface area contributed by atoms with Crippen LogP contribution in [0.3, 0.4) is 0 Å². The lowest BCUT2D eigenvalue weighted by molar-refractivity contribution is 0.0942. The average molecular weight is 410 g/mol. The van der Waals surface area contributed by atoms with Gasteiger partial charge >= 0.3 is 0 Å². The van der Waals surface area contributed by atoms with E-state index in [0.717, 1.165) is 18.8 Å². The van der Waals surface area contributed by atoms with E-state index in [-0.39, 0.29) is 5.78 Å². The standard InChI is InChI=1S/C11H10Br2N2OS2/c1-15(3-7-5-17-6-14-7)4-9(16)8-2-10(12)18-11(8)13/h2,5-6H,3-4H2,1H3. The van der Waals surface area contributed by atoms with Gasteiger partial charge in [-0.25, -0.2) is 4.98 Å². The monoisotopic (exact) mass is 408 g/mol. The number of hydrogen-bond acceptors (Lipinski definition) is 5. The van der Waals surface area contributed by atoms with Gasteiger partial charge in [-0.05, 0) is 45.0 Å². The van der Waals surface area contributed by atoms with Crippen molar-refractivity contribution in [3.63, 3.8) is 0 Å². The molecule has 0 aliphatic carbocycles. The Hall–Kier alpha value is -0.0800. The molecule has 7 heteroatoms. The quantitative estimate of drug-likeness (QED) is 0.698. The van der Waals surface area contributed by atoms with Gasteiger partial charge in [0.05, 0.1) is 25.3 Å². The molecule has 0 fully saturated rings. The fraction of sp³-hybridized carbons (Fsp3) is 0.273. The first-order chi connectivity index (χ1) is 8.56. The predicted molar refractivity (Wildman–Crippen MR) is 82.5 cm³/mol. The van der Waals surface area contributed by atoms with Gasteiger partial charge in [0.15, 0.2) is 5.78 Å². The maximum absolute atomic E-state index is 12.1. The zero-order valence-electron chi connectivity index (χ0n) is 9.52. The van der Waals surface area contributed by atoms with Crippen molar-refractivity contribution in [3.05, 3.63) is 35.8 Å². The number of nitrogens with zero attached hydrogens (tertiary/aromatic N) is 2. The number of Topliss-reactive ketones (excluding diaryl/α,β-unsaturated/α-hetero) is 1. The summed E-state index contributed by atoms with van der Waals surface area (Å²) >= 11 is 9.87. The number of carbonyl (C=O) groups is 1. The predicted octanol–water partition coefficient (Wildman–Crippen LogP) is 4.04. The first-order valence-electron chi connectivity index (χ1n) is 5.10. The zero-order valence-corrected chi connectivity index (χ0v) is 14.3. The van der Waals surface area contributed by atoms with E-state index in [2.05, 4.69) is 36.8 Å². The number of thiophene rings is 1. The van der Waals surface area contributed by atoms with E-state index in [1.807, 2.05) is 23.4 Å². The normalized spacial score (nSPS) is 11.1. The van der Waals surface area contributed by atoms with Gasteiger partial charge in [-0.3, -0.25) is 9.69 Å². The third kappa shape index (κ3) is 3.71. The Morgan fingerprint density at radius 1 is 1.50 bits per heavy atom. The summed E-state index contributed by atoms with van der Waals surface area (Å²) in [5.41, 5.74) is 3.54. The van der Waals surface area contributed by atoms with Gasteiger partial charge in [0.2, 0.25) is 0 Å². The molecular formula is C11H10Br2N2OS2. The van der Waals surface area contributed by atoms with Crippen molar-refractivity contribution in [1.82, 2.24) is 9.88 Å². The zero-order chi connectivity index (χ0) is 13.1. The van der Waals surface area contributed by atoms with Crippen LogP contribution in [0.25, 0.3) is 0 Å². The summed E-state index contributed by atoms with van der Waals surface area (Å²) in [6.45, 7) is 1.08. The highest BCUT2D eigenvalue weighted by molar-refractivity contribution is 9.12. The van der Waals surface area contributed by atoms with Crippen LogP contribution in [0.1, 0.15) is 16.1 Å². The SMILES string of the molecule is CN(CC(=O)c1cc(Br)sc1Br)Cc1cscn1. The highest BCUT2D eigenvalue weighted by atomic mass is 79.9. The van der Waals surface area contributed by atoms with Crippen LogP contribution in [0.4, 0.5) is 0 Å². The number of carbonyl (C=O) groups excluding carboxylic acids is 1. The highest BCUT2D eigenvalue weighted by Crippen LogP contribution is 2.32. The molecule has 0 radical (unpaired) electrons. The molecule has 2 heterocycles. The van der Waals surface area contributed by atoms with Crippen LogP contribution in [0.2, 0.25) is 0 Å². The van der Waals surface area contributed by atoms with Crippen molar-refractivity contribution in [2.75, 3.05) is 13.6 Å². The van der Waals surface area contributed by atoms with Crippen LogP contribution < -0.4 is 0 Å². The van der Waals surface area contributed by atoms with Gasteiger partial charge in [-0.2, -0.15) is 0 Å². The molecule has 0 N–H and O–H groups in total. The Balaban J connectivity index is 1.97. The molecule has 2 aromatic heterocycles. The third-order valence-corrected chi connectivity index (χ3v) is 5.26. The fourth-order valence-electron chi connectivity index (χ4n) is 1.51. The molecule has 0 unspecified atom stereocenters. The number of aromatic nitrogens is 1. The topological polar surface area (TPSA) is 33.2 Å². The molecule has 0 amide bonds. The van der Waals surface area contributed by atoms with E-state index in [4.69, 9.17) is 0 Å². The van der Waals surface area contributed by atoms with Crippen LogP contribution in [0, 0.1) is 0 Å². The first-order valence-corrected chi connectivity index (χ1v) is 8.44. The van der Waals surface area contributed by atoms with E-state index in [1.54, 1.807) is 16.8 Å². The Labute approximate surface area is 130 Å². The second-order valence-corrected chi connectivity index (χ2v) is 8.28. The number of rotatable bonds is 5. The van der Waals surface area contributed by atoms with Crippen molar-refractivity contribution in [1.29, 1.82) is 0 Å². The van der Waals surface area contributed by atoms with Crippen molar-refractivity contribution in [2.24, 2.45) is 0 Å². The molecule has 0 aromatic carbocycles. The van der Waals surface area contributed by atoms with Crippen LogP contribution in [0.15, 0.2) is 24.5 Å². The van der Waals surface area contributed by atoms with Crippen molar-refractivity contribution >= 4 is 60.3 Å². The summed E-state index contributed by atoms with van der Waals surface area (Å²) in [6, 6.07) is 1.85. The first kappa shape index (κ1) is 14.3. The summed E-state index contributed by atoms with van der Waals surface area (Å²) in [6.07, 6.45) is 0. The maximum Gasteiger partial charge on any atom is 0.178 e. The van der Waals surface area contributed by atoms with Gasteiger partial charge < -0.3 is 0 Å². The molecule has 3 nitrogen and oxygen atoms in total. The van der Waals surface area contributed by atoms with Gasteiger partial charge in [0.25, 0.3) is 0 Å². The second-order valence-electron chi connectivity index (χ2n) is 3.81. The number of ketones is 1. The van der Waals surface area contributed by atoms with Crippen LogP contribution in [0.5, 0.6) is 0 Å². The van der Waals surface area contributed by atoms with Gasteiger partial charge in [-0.15, -0.1) is 22.7 Å².